The molecule has 0 bridgehead atoms. The van der Waals surface area contributed by atoms with Crippen molar-refractivity contribution in [1.82, 2.24) is 10.0 Å². The van der Waals surface area contributed by atoms with Crippen LogP contribution in [0.5, 0.6) is 0 Å². The molecule has 2 rings (SSSR count). The average molecular weight is 305 g/mol. The van der Waals surface area contributed by atoms with Crippen molar-refractivity contribution < 1.29 is 14.3 Å². The topological polar surface area (TPSA) is 53.1 Å². The number of urea groups is 1. The normalized spacial score (nSPS) is 18.9. The highest BCUT2D eigenvalue weighted by Crippen LogP contribution is 2.28. The van der Waals surface area contributed by atoms with E-state index in [0.717, 1.165) is 30.0 Å². The van der Waals surface area contributed by atoms with Gasteiger partial charge in [-0.1, -0.05) is 38.0 Å². The number of para-hydroxylation sites is 1. The fraction of sp³-hybridized carbons (Fsp3) is 0.500. The number of hydrazine groups is 1. The lowest BCUT2D eigenvalue weighted by atomic mass is 10.2. The maximum absolute atomic E-state index is 12.7. The lowest BCUT2D eigenvalue weighted by Crippen LogP contribution is -2.45. The van der Waals surface area contributed by atoms with E-state index < -0.39 is 6.09 Å². The molecule has 22 heavy (non-hydrogen) atoms. The number of nitrogens with zero attached hydrogens (tertiary/aromatic N) is 3. The van der Waals surface area contributed by atoms with E-state index in [0.29, 0.717) is 6.54 Å². The largest absolute Gasteiger partial charge is 0.451 e. The number of carbonyl (C=O) groups is 2. The Bertz CT molecular complexity index is 521. The van der Waals surface area contributed by atoms with Gasteiger partial charge in [-0.2, -0.15) is 10.0 Å². The molecule has 0 N–H and O–H groups in total. The number of amides is 3. The molecule has 1 heterocycles. The molecule has 120 valence electrons. The highest BCUT2D eigenvalue weighted by Gasteiger charge is 2.46. The molecule has 0 aromatic heterocycles. The standard InChI is InChI=1S/C16H23N3O3/c1-4-5-9-12-17-13(2)18(14-10-7-6-8-11-14)15(20)19(17)16(21)22-3/h6-8,10-11,13H,4-5,9,12H2,1-3H3. The Morgan fingerprint density at radius 3 is 2.50 bits per heavy atom. The summed E-state index contributed by atoms with van der Waals surface area (Å²) in [6, 6.07) is 8.99. The SMILES string of the molecule is CCCCCN1C(C)N(c2ccccc2)C(=O)N1C(=O)OC. The van der Waals surface area contributed by atoms with Gasteiger partial charge >= 0.3 is 12.1 Å². The van der Waals surface area contributed by atoms with Crippen molar-refractivity contribution in [2.75, 3.05) is 18.6 Å². The van der Waals surface area contributed by atoms with Gasteiger partial charge in [-0.15, -0.1) is 0 Å². The van der Waals surface area contributed by atoms with E-state index in [1.807, 2.05) is 37.3 Å². The Kier molecular flexibility index (Phi) is 5.38. The molecule has 1 fully saturated rings. The number of carbonyl (C=O) groups excluding carboxylic acids is 2. The van der Waals surface area contributed by atoms with Gasteiger partial charge in [0.25, 0.3) is 0 Å². The Balaban J connectivity index is 2.27. The average Bonchev–Trinajstić information content (AvgIpc) is 2.78. The van der Waals surface area contributed by atoms with Gasteiger partial charge in [0.2, 0.25) is 0 Å². The molecular formula is C16H23N3O3. The first-order valence-electron chi connectivity index (χ1n) is 7.64. The molecular weight excluding hydrogens is 282 g/mol. The van der Waals surface area contributed by atoms with Crippen molar-refractivity contribution in [2.45, 2.75) is 39.3 Å². The van der Waals surface area contributed by atoms with Crippen LogP contribution < -0.4 is 4.90 Å². The maximum atomic E-state index is 12.7. The van der Waals surface area contributed by atoms with E-state index >= 15 is 0 Å². The third-order valence-corrected chi connectivity index (χ3v) is 3.82. The number of hydrogen-bond donors (Lipinski definition) is 0. The van der Waals surface area contributed by atoms with E-state index in [2.05, 4.69) is 6.92 Å². The lowest BCUT2D eigenvalue weighted by Gasteiger charge is -2.27. The van der Waals surface area contributed by atoms with E-state index in [1.165, 1.54) is 7.11 Å². The third kappa shape index (κ3) is 3.06. The van der Waals surface area contributed by atoms with Gasteiger partial charge in [0, 0.05) is 12.2 Å². The molecule has 6 heteroatoms. The number of imide groups is 1. The second kappa shape index (κ2) is 7.26. The number of hydrogen-bond acceptors (Lipinski definition) is 4. The fourth-order valence-electron chi connectivity index (χ4n) is 2.67. The van der Waals surface area contributed by atoms with Crippen LogP contribution in [0.4, 0.5) is 15.3 Å². The zero-order valence-electron chi connectivity index (χ0n) is 13.4. The van der Waals surface area contributed by atoms with Gasteiger partial charge in [-0.3, -0.25) is 4.90 Å². The van der Waals surface area contributed by atoms with Crippen LogP contribution in [-0.2, 0) is 4.74 Å². The minimum atomic E-state index is -0.647. The van der Waals surface area contributed by atoms with E-state index in [4.69, 9.17) is 4.74 Å². The van der Waals surface area contributed by atoms with Crippen LogP contribution in [0, 0.1) is 0 Å². The van der Waals surface area contributed by atoms with Crippen LogP contribution in [0.2, 0.25) is 0 Å². The summed E-state index contributed by atoms with van der Waals surface area (Å²) in [6.45, 7) is 4.67. The van der Waals surface area contributed by atoms with Crippen molar-refractivity contribution in [3.05, 3.63) is 30.3 Å². The molecule has 1 aliphatic heterocycles. The Hall–Kier alpha value is -2.08. The number of anilines is 1. The zero-order valence-corrected chi connectivity index (χ0v) is 13.4. The van der Waals surface area contributed by atoms with E-state index in [9.17, 15) is 9.59 Å². The van der Waals surface area contributed by atoms with Crippen LogP contribution in [0.25, 0.3) is 0 Å². The Morgan fingerprint density at radius 1 is 1.23 bits per heavy atom. The summed E-state index contributed by atoms with van der Waals surface area (Å²) in [5, 5.41) is 2.88. The Morgan fingerprint density at radius 2 is 1.91 bits per heavy atom. The molecule has 1 saturated heterocycles. The maximum Gasteiger partial charge on any atom is 0.433 e. The number of benzene rings is 1. The molecule has 6 nitrogen and oxygen atoms in total. The lowest BCUT2D eigenvalue weighted by molar-refractivity contribution is 0.0215. The summed E-state index contributed by atoms with van der Waals surface area (Å²) in [4.78, 5) is 26.3. The van der Waals surface area contributed by atoms with Crippen LogP contribution in [0.1, 0.15) is 33.1 Å². The predicted octanol–water partition coefficient (Wildman–Crippen LogP) is 3.45. The highest BCUT2D eigenvalue weighted by molar-refractivity contribution is 6.02. The molecule has 1 unspecified atom stereocenters. The molecule has 3 amide bonds. The van der Waals surface area contributed by atoms with Gasteiger partial charge in [0.15, 0.2) is 0 Å². The first-order chi connectivity index (χ1) is 10.6. The van der Waals surface area contributed by atoms with Crippen molar-refractivity contribution in [1.29, 1.82) is 0 Å². The smallest absolute Gasteiger partial charge is 0.433 e. The van der Waals surface area contributed by atoms with Crippen LogP contribution in [-0.4, -0.2) is 42.0 Å². The number of rotatable bonds is 5. The van der Waals surface area contributed by atoms with E-state index in [1.54, 1.807) is 9.91 Å². The zero-order chi connectivity index (χ0) is 16.1. The van der Waals surface area contributed by atoms with Crippen molar-refractivity contribution >= 4 is 17.8 Å². The summed E-state index contributed by atoms with van der Waals surface area (Å²) in [5.74, 6) is 0. The van der Waals surface area contributed by atoms with Gasteiger partial charge < -0.3 is 4.74 Å². The minimum Gasteiger partial charge on any atom is -0.451 e. The second-order valence-electron chi connectivity index (χ2n) is 5.27. The summed E-state index contributed by atoms with van der Waals surface area (Å²) in [7, 11) is 1.29. The quantitative estimate of drug-likeness (QED) is 0.782. The summed E-state index contributed by atoms with van der Waals surface area (Å²) < 4.78 is 4.77. The molecule has 1 aliphatic rings. The minimum absolute atomic E-state index is 0.231. The monoisotopic (exact) mass is 305 g/mol. The Labute approximate surface area is 131 Å². The number of ether oxygens (including phenoxy) is 1. The van der Waals surface area contributed by atoms with Crippen molar-refractivity contribution in [2.24, 2.45) is 0 Å². The predicted molar refractivity (Wildman–Crippen MR) is 84.3 cm³/mol. The van der Waals surface area contributed by atoms with Crippen LogP contribution in [0.15, 0.2) is 30.3 Å². The summed E-state index contributed by atoms with van der Waals surface area (Å²) in [5.41, 5.74) is 0.770. The molecule has 0 spiro atoms. The van der Waals surface area contributed by atoms with E-state index in [-0.39, 0.29) is 12.2 Å². The van der Waals surface area contributed by atoms with Crippen LogP contribution in [0.3, 0.4) is 0 Å². The van der Waals surface area contributed by atoms with Crippen molar-refractivity contribution in [3.8, 4) is 0 Å². The van der Waals surface area contributed by atoms with Gasteiger partial charge in [0.1, 0.15) is 6.17 Å². The molecule has 0 saturated carbocycles. The molecule has 1 aromatic rings. The first-order valence-corrected chi connectivity index (χ1v) is 7.64. The first kappa shape index (κ1) is 16.3. The van der Waals surface area contributed by atoms with Crippen LogP contribution >= 0.6 is 0 Å². The molecule has 0 aliphatic carbocycles. The third-order valence-electron chi connectivity index (χ3n) is 3.82. The second-order valence-corrected chi connectivity index (χ2v) is 5.27. The molecule has 0 radical (unpaired) electrons. The van der Waals surface area contributed by atoms with Gasteiger partial charge in [0.05, 0.1) is 7.11 Å². The molecule has 1 atom stereocenters. The van der Waals surface area contributed by atoms with Crippen molar-refractivity contribution in [3.63, 3.8) is 0 Å². The molecule has 1 aromatic carbocycles. The highest BCUT2D eigenvalue weighted by atomic mass is 16.6. The summed E-state index contributed by atoms with van der Waals surface area (Å²) in [6.07, 6.45) is 2.18. The fourth-order valence-corrected chi connectivity index (χ4v) is 2.67. The van der Waals surface area contributed by atoms with Gasteiger partial charge in [-0.25, -0.2) is 9.59 Å². The number of methoxy groups -OCH3 is 1. The summed E-state index contributed by atoms with van der Waals surface area (Å²) >= 11 is 0. The van der Waals surface area contributed by atoms with Gasteiger partial charge in [-0.05, 0) is 25.5 Å². The number of unbranched alkanes of at least 4 members (excludes halogenated alkanes) is 2.